The fourth-order valence-corrected chi connectivity index (χ4v) is 0.994. The van der Waals surface area contributed by atoms with Gasteiger partial charge in [-0.1, -0.05) is 13.8 Å². The van der Waals surface area contributed by atoms with Crippen LogP contribution >= 0.6 is 0 Å². The Morgan fingerprint density at radius 1 is 1.29 bits per heavy atom. The maximum absolute atomic E-state index is 9.12. The third-order valence-corrected chi connectivity index (χ3v) is 2.45. The molecule has 86 valence electrons. The van der Waals surface area contributed by atoms with Crippen molar-refractivity contribution in [2.45, 2.75) is 20.3 Å². The first kappa shape index (κ1) is 13.8. The Hall–Kier alpha value is -0.160. The topological polar surface area (TPSA) is 61.7 Å². The minimum Gasteiger partial charge on any atom is -0.396 e. The molecule has 0 aliphatic carbocycles. The molecule has 0 aliphatic rings. The lowest BCUT2D eigenvalue weighted by Gasteiger charge is -2.25. The second-order valence-corrected chi connectivity index (χ2v) is 3.84. The van der Waals surface area contributed by atoms with Crippen molar-refractivity contribution in [3.05, 3.63) is 0 Å². The number of hydrogen-bond acceptors (Lipinski definition) is 4. The fraction of sp³-hybridized carbons (Fsp3) is 1.00. The molecule has 14 heavy (non-hydrogen) atoms. The van der Waals surface area contributed by atoms with E-state index in [4.69, 9.17) is 14.9 Å². The van der Waals surface area contributed by atoms with Gasteiger partial charge in [-0.15, -0.1) is 0 Å². The summed E-state index contributed by atoms with van der Waals surface area (Å²) < 4.78 is 5.09. The smallest absolute Gasteiger partial charge is 0.0698 e. The summed E-state index contributed by atoms with van der Waals surface area (Å²) in [6.45, 7) is 6.95. The van der Waals surface area contributed by atoms with Crippen molar-refractivity contribution in [1.82, 2.24) is 5.32 Å². The molecule has 0 saturated carbocycles. The van der Waals surface area contributed by atoms with E-state index < -0.39 is 0 Å². The second kappa shape index (κ2) is 8.17. The van der Waals surface area contributed by atoms with Gasteiger partial charge >= 0.3 is 0 Å². The number of hydrogen-bond donors (Lipinski definition) is 3. The Bertz CT molecular complexity index is 127. The molecule has 4 nitrogen and oxygen atoms in total. The summed E-state index contributed by atoms with van der Waals surface area (Å²) >= 11 is 0. The van der Waals surface area contributed by atoms with E-state index in [1.807, 2.05) is 0 Å². The van der Waals surface area contributed by atoms with Gasteiger partial charge in [-0.3, -0.25) is 0 Å². The van der Waals surface area contributed by atoms with Gasteiger partial charge in [-0.2, -0.15) is 0 Å². The number of nitrogens with one attached hydrogen (secondary N) is 1. The Labute approximate surface area is 86.3 Å². The molecule has 0 saturated heterocycles. The Morgan fingerprint density at radius 3 is 2.50 bits per heavy atom. The lowest BCUT2D eigenvalue weighted by atomic mass is 9.89. The SMILES string of the molecule is CCC(C)(CO)CNCCOCCO. The fourth-order valence-electron chi connectivity index (χ4n) is 0.994. The number of aliphatic hydroxyl groups excluding tert-OH is 2. The molecule has 0 aliphatic heterocycles. The molecule has 3 N–H and O–H groups in total. The molecule has 0 aromatic rings. The van der Waals surface area contributed by atoms with Gasteiger partial charge in [0, 0.05) is 25.1 Å². The van der Waals surface area contributed by atoms with Gasteiger partial charge < -0.3 is 20.3 Å². The Balaban J connectivity index is 3.34. The van der Waals surface area contributed by atoms with Crippen LogP contribution in [0.25, 0.3) is 0 Å². The van der Waals surface area contributed by atoms with Gasteiger partial charge in [0.2, 0.25) is 0 Å². The lowest BCUT2D eigenvalue weighted by molar-refractivity contribution is 0.0885. The summed E-state index contributed by atoms with van der Waals surface area (Å²) in [5, 5.41) is 20.8. The number of aliphatic hydroxyl groups is 2. The molecule has 0 bridgehead atoms. The standard InChI is InChI=1S/C10H23NO3/c1-3-10(2,9-13)8-11-4-6-14-7-5-12/h11-13H,3-9H2,1-2H3. The van der Waals surface area contributed by atoms with E-state index in [1.54, 1.807) is 0 Å². The Kier molecular flexibility index (Phi) is 8.08. The first-order valence-electron chi connectivity index (χ1n) is 5.18. The van der Waals surface area contributed by atoms with Crippen molar-refractivity contribution >= 4 is 0 Å². The minimum atomic E-state index is -0.0308. The lowest BCUT2D eigenvalue weighted by Crippen LogP contribution is -2.36. The van der Waals surface area contributed by atoms with Crippen LogP contribution in [0, 0.1) is 5.41 Å². The first-order valence-corrected chi connectivity index (χ1v) is 5.18. The van der Waals surface area contributed by atoms with Gasteiger partial charge in [0.15, 0.2) is 0 Å². The predicted molar refractivity (Wildman–Crippen MR) is 56.3 cm³/mol. The third kappa shape index (κ3) is 6.32. The van der Waals surface area contributed by atoms with Crippen LogP contribution < -0.4 is 5.32 Å². The normalized spacial score (nSPS) is 15.4. The molecule has 0 aromatic heterocycles. The van der Waals surface area contributed by atoms with Crippen LogP contribution in [0.3, 0.4) is 0 Å². The van der Waals surface area contributed by atoms with Gasteiger partial charge in [0.1, 0.15) is 0 Å². The van der Waals surface area contributed by atoms with Crippen molar-refractivity contribution in [2.75, 3.05) is 39.5 Å². The molecule has 0 amide bonds. The molecule has 0 radical (unpaired) electrons. The molecule has 0 heterocycles. The summed E-state index contributed by atoms with van der Waals surface area (Å²) in [6, 6.07) is 0. The maximum Gasteiger partial charge on any atom is 0.0698 e. The summed E-state index contributed by atoms with van der Waals surface area (Å²) in [4.78, 5) is 0. The Morgan fingerprint density at radius 2 is 2.00 bits per heavy atom. The van der Waals surface area contributed by atoms with Crippen molar-refractivity contribution in [2.24, 2.45) is 5.41 Å². The molecular weight excluding hydrogens is 182 g/mol. The van der Waals surface area contributed by atoms with Crippen LogP contribution in [0.2, 0.25) is 0 Å². The van der Waals surface area contributed by atoms with E-state index in [9.17, 15) is 0 Å². The highest BCUT2D eigenvalue weighted by Gasteiger charge is 2.19. The molecule has 1 atom stereocenters. The quantitative estimate of drug-likeness (QED) is 0.463. The van der Waals surface area contributed by atoms with Crippen LogP contribution in [-0.2, 0) is 4.74 Å². The zero-order valence-electron chi connectivity index (χ0n) is 9.25. The van der Waals surface area contributed by atoms with E-state index in [0.717, 1.165) is 19.5 Å². The highest BCUT2D eigenvalue weighted by atomic mass is 16.5. The van der Waals surface area contributed by atoms with Crippen molar-refractivity contribution < 1.29 is 14.9 Å². The molecular formula is C10H23NO3. The first-order chi connectivity index (χ1) is 6.68. The largest absolute Gasteiger partial charge is 0.396 e. The number of ether oxygens (including phenoxy) is 1. The van der Waals surface area contributed by atoms with E-state index in [0.29, 0.717) is 13.2 Å². The van der Waals surface area contributed by atoms with E-state index in [2.05, 4.69) is 19.2 Å². The zero-order valence-corrected chi connectivity index (χ0v) is 9.25. The molecule has 0 fully saturated rings. The zero-order chi connectivity index (χ0) is 10.9. The molecule has 0 aromatic carbocycles. The highest BCUT2D eigenvalue weighted by molar-refractivity contribution is 4.73. The molecule has 4 heteroatoms. The van der Waals surface area contributed by atoms with E-state index in [1.165, 1.54) is 0 Å². The minimum absolute atomic E-state index is 0.0308. The molecule has 1 unspecified atom stereocenters. The van der Waals surface area contributed by atoms with E-state index in [-0.39, 0.29) is 18.6 Å². The van der Waals surface area contributed by atoms with Crippen LogP contribution in [-0.4, -0.2) is 49.7 Å². The number of rotatable bonds is 9. The van der Waals surface area contributed by atoms with Crippen LogP contribution in [0.1, 0.15) is 20.3 Å². The summed E-state index contributed by atoms with van der Waals surface area (Å²) in [5.74, 6) is 0. The van der Waals surface area contributed by atoms with Gasteiger partial charge in [0.05, 0.1) is 19.8 Å². The van der Waals surface area contributed by atoms with Crippen LogP contribution in [0.5, 0.6) is 0 Å². The maximum atomic E-state index is 9.12. The van der Waals surface area contributed by atoms with Gasteiger partial charge in [-0.05, 0) is 6.42 Å². The van der Waals surface area contributed by atoms with E-state index >= 15 is 0 Å². The summed E-state index contributed by atoms with van der Waals surface area (Å²) in [7, 11) is 0. The average molecular weight is 205 g/mol. The van der Waals surface area contributed by atoms with Crippen molar-refractivity contribution in [3.8, 4) is 0 Å². The van der Waals surface area contributed by atoms with Crippen molar-refractivity contribution in [3.63, 3.8) is 0 Å². The van der Waals surface area contributed by atoms with Crippen LogP contribution in [0.4, 0.5) is 0 Å². The van der Waals surface area contributed by atoms with Crippen LogP contribution in [0.15, 0.2) is 0 Å². The summed E-state index contributed by atoms with van der Waals surface area (Å²) in [6.07, 6.45) is 0.952. The molecule has 0 spiro atoms. The second-order valence-electron chi connectivity index (χ2n) is 3.84. The molecule has 0 rings (SSSR count). The average Bonchev–Trinajstić information content (AvgIpc) is 2.23. The van der Waals surface area contributed by atoms with Gasteiger partial charge in [-0.25, -0.2) is 0 Å². The summed E-state index contributed by atoms with van der Waals surface area (Å²) in [5.41, 5.74) is -0.0308. The van der Waals surface area contributed by atoms with Gasteiger partial charge in [0.25, 0.3) is 0 Å². The predicted octanol–water partition coefficient (Wildman–Crippen LogP) is -0.00650. The van der Waals surface area contributed by atoms with Crippen molar-refractivity contribution in [1.29, 1.82) is 0 Å². The monoisotopic (exact) mass is 205 g/mol. The highest BCUT2D eigenvalue weighted by Crippen LogP contribution is 2.17. The third-order valence-electron chi connectivity index (χ3n) is 2.45.